The summed E-state index contributed by atoms with van der Waals surface area (Å²) in [6.45, 7) is 2.27. The first-order chi connectivity index (χ1) is 9.32. The summed E-state index contributed by atoms with van der Waals surface area (Å²) in [5, 5.41) is 0. The molecule has 3 rings (SSSR count). The Hall–Kier alpha value is -2.28. The second kappa shape index (κ2) is 4.77. The summed E-state index contributed by atoms with van der Waals surface area (Å²) >= 11 is 0. The van der Waals surface area contributed by atoms with E-state index in [2.05, 4.69) is 84.7 Å². The van der Waals surface area contributed by atoms with E-state index in [9.17, 15) is 0 Å². The fourth-order valence-corrected chi connectivity index (χ4v) is 2.66. The smallest absolute Gasteiger partial charge is 0.0573 e. The lowest BCUT2D eigenvalue weighted by atomic mass is 9.74. The minimum Gasteiger partial charge on any atom is -0.364 e. The Morgan fingerprint density at radius 3 is 1.63 bits per heavy atom. The molecular weight excluding hydrogens is 230 g/mol. The third-order valence-electron chi connectivity index (χ3n) is 3.84. The van der Waals surface area contributed by atoms with E-state index in [0.29, 0.717) is 0 Å². The normalized spacial score (nSPS) is 11.4. The average Bonchev–Trinajstić information content (AvgIpc) is 3.03. The van der Waals surface area contributed by atoms with Crippen molar-refractivity contribution in [2.75, 3.05) is 0 Å². The van der Waals surface area contributed by atoms with Crippen LogP contribution in [0.4, 0.5) is 0 Å². The molecule has 0 saturated heterocycles. The van der Waals surface area contributed by atoms with E-state index in [0.717, 1.165) is 0 Å². The lowest BCUT2D eigenvalue weighted by Gasteiger charge is -2.30. The van der Waals surface area contributed by atoms with Crippen LogP contribution in [-0.4, -0.2) is 4.98 Å². The lowest BCUT2D eigenvalue weighted by Crippen LogP contribution is -2.25. The van der Waals surface area contributed by atoms with Crippen molar-refractivity contribution >= 4 is 0 Å². The van der Waals surface area contributed by atoms with Crippen LogP contribution in [0, 0.1) is 0 Å². The maximum absolute atomic E-state index is 3.37. The fraction of sp³-hybridized carbons (Fsp3) is 0.111. The van der Waals surface area contributed by atoms with Gasteiger partial charge in [0.25, 0.3) is 0 Å². The van der Waals surface area contributed by atoms with Gasteiger partial charge in [-0.25, -0.2) is 0 Å². The number of rotatable bonds is 3. The van der Waals surface area contributed by atoms with Crippen LogP contribution in [0.3, 0.4) is 0 Å². The second-order valence-corrected chi connectivity index (χ2v) is 4.94. The van der Waals surface area contributed by atoms with Gasteiger partial charge in [0.15, 0.2) is 0 Å². The maximum Gasteiger partial charge on any atom is 0.0573 e. The molecule has 2 aromatic carbocycles. The number of hydrogen-bond donors (Lipinski definition) is 1. The number of H-pyrrole nitrogens is 1. The van der Waals surface area contributed by atoms with Gasteiger partial charge in [0, 0.05) is 11.9 Å². The lowest BCUT2D eigenvalue weighted by molar-refractivity contribution is 0.671. The van der Waals surface area contributed by atoms with Crippen LogP contribution < -0.4 is 0 Å². The van der Waals surface area contributed by atoms with Crippen molar-refractivity contribution in [3.8, 4) is 0 Å². The Bertz CT molecular complexity index is 584. The highest BCUT2D eigenvalue weighted by molar-refractivity contribution is 5.46. The van der Waals surface area contributed by atoms with Gasteiger partial charge >= 0.3 is 0 Å². The van der Waals surface area contributed by atoms with Crippen molar-refractivity contribution in [2.45, 2.75) is 12.3 Å². The Kier molecular flexibility index (Phi) is 2.96. The van der Waals surface area contributed by atoms with Gasteiger partial charge < -0.3 is 4.98 Å². The minimum atomic E-state index is -0.147. The molecule has 1 nitrogen and oxygen atoms in total. The summed E-state index contributed by atoms with van der Waals surface area (Å²) in [6.07, 6.45) is 1.99. The first-order valence-electron chi connectivity index (χ1n) is 6.57. The third-order valence-corrected chi connectivity index (χ3v) is 3.84. The highest BCUT2D eigenvalue weighted by Gasteiger charge is 2.31. The molecule has 0 saturated carbocycles. The van der Waals surface area contributed by atoms with Crippen molar-refractivity contribution in [3.05, 3.63) is 95.8 Å². The molecule has 1 N–H and O–H groups in total. The predicted octanol–water partition coefficient (Wildman–Crippen LogP) is 4.37. The molecule has 0 radical (unpaired) electrons. The number of benzene rings is 2. The van der Waals surface area contributed by atoms with Gasteiger partial charge in [0.1, 0.15) is 0 Å². The number of aromatic amines is 1. The Morgan fingerprint density at radius 1 is 0.684 bits per heavy atom. The Morgan fingerprint density at radius 2 is 1.21 bits per heavy atom. The summed E-state index contributed by atoms with van der Waals surface area (Å²) in [4.78, 5) is 3.37. The quantitative estimate of drug-likeness (QED) is 0.707. The van der Waals surface area contributed by atoms with E-state index < -0.39 is 0 Å². The SMILES string of the molecule is CC(c1ccccc1)(c1ccccc1)c1ccc[nH]1. The molecule has 0 amide bonds. The second-order valence-electron chi connectivity index (χ2n) is 4.94. The average molecular weight is 247 g/mol. The molecule has 0 fully saturated rings. The third kappa shape index (κ3) is 1.97. The van der Waals surface area contributed by atoms with Gasteiger partial charge in [-0.15, -0.1) is 0 Å². The molecule has 0 spiro atoms. The molecule has 0 aliphatic carbocycles. The Labute approximate surface area is 113 Å². The van der Waals surface area contributed by atoms with Crippen molar-refractivity contribution in [3.63, 3.8) is 0 Å². The Balaban J connectivity index is 2.23. The highest BCUT2D eigenvalue weighted by atomic mass is 14.7. The maximum atomic E-state index is 3.37. The zero-order chi connectivity index (χ0) is 13.1. The first-order valence-corrected chi connectivity index (χ1v) is 6.57. The highest BCUT2D eigenvalue weighted by Crippen LogP contribution is 2.37. The monoisotopic (exact) mass is 247 g/mol. The number of hydrogen-bond acceptors (Lipinski definition) is 0. The van der Waals surface area contributed by atoms with E-state index in [4.69, 9.17) is 0 Å². The van der Waals surface area contributed by atoms with E-state index in [1.54, 1.807) is 0 Å². The molecule has 0 aliphatic heterocycles. The first kappa shape index (κ1) is 11.8. The van der Waals surface area contributed by atoms with Crippen LogP contribution in [0.15, 0.2) is 79.0 Å². The molecular formula is C18H17N. The van der Waals surface area contributed by atoms with Gasteiger partial charge in [0.2, 0.25) is 0 Å². The molecule has 1 heterocycles. The molecule has 0 atom stereocenters. The fourth-order valence-electron chi connectivity index (χ4n) is 2.66. The van der Waals surface area contributed by atoms with Gasteiger partial charge in [-0.1, -0.05) is 60.7 Å². The van der Waals surface area contributed by atoms with Crippen LogP contribution in [0.25, 0.3) is 0 Å². The molecule has 3 aromatic rings. The summed E-state index contributed by atoms with van der Waals surface area (Å²) in [5.74, 6) is 0. The standard InChI is InChI=1S/C18H17N/c1-18(17-13-8-14-19-17,15-9-4-2-5-10-15)16-11-6-3-7-12-16/h2-14,19H,1H3. The minimum absolute atomic E-state index is 0.147. The molecule has 19 heavy (non-hydrogen) atoms. The van der Waals surface area contributed by atoms with E-state index in [1.807, 2.05) is 6.20 Å². The van der Waals surface area contributed by atoms with Crippen LogP contribution >= 0.6 is 0 Å². The number of aromatic nitrogens is 1. The molecule has 0 aliphatic rings. The van der Waals surface area contributed by atoms with Crippen molar-refractivity contribution in [2.24, 2.45) is 0 Å². The molecule has 1 aromatic heterocycles. The van der Waals surface area contributed by atoms with Gasteiger partial charge in [-0.2, -0.15) is 0 Å². The van der Waals surface area contributed by atoms with Crippen LogP contribution in [-0.2, 0) is 5.41 Å². The zero-order valence-corrected chi connectivity index (χ0v) is 11.0. The van der Waals surface area contributed by atoms with Crippen LogP contribution in [0.1, 0.15) is 23.7 Å². The largest absolute Gasteiger partial charge is 0.364 e. The van der Waals surface area contributed by atoms with Crippen LogP contribution in [0.2, 0.25) is 0 Å². The van der Waals surface area contributed by atoms with Gasteiger partial charge in [-0.05, 0) is 30.2 Å². The summed E-state index contributed by atoms with van der Waals surface area (Å²) in [6, 6.07) is 25.5. The summed E-state index contributed by atoms with van der Waals surface area (Å²) in [7, 11) is 0. The molecule has 1 heteroatoms. The van der Waals surface area contributed by atoms with Crippen molar-refractivity contribution in [1.29, 1.82) is 0 Å². The molecule has 0 unspecified atom stereocenters. The summed E-state index contributed by atoms with van der Waals surface area (Å²) in [5.41, 5.74) is 3.66. The topological polar surface area (TPSA) is 15.8 Å². The van der Waals surface area contributed by atoms with Gasteiger partial charge in [0.05, 0.1) is 5.41 Å². The van der Waals surface area contributed by atoms with Crippen LogP contribution in [0.5, 0.6) is 0 Å². The number of nitrogens with one attached hydrogen (secondary N) is 1. The van der Waals surface area contributed by atoms with E-state index in [1.165, 1.54) is 16.8 Å². The van der Waals surface area contributed by atoms with Gasteiger partial charge in [-0.3, -0.25) is 0 Å². The zero-order valence-electron chi connectivity index (χ0n) is 11.0. The van der Waals surface area contributed by atoms with Crippen molar-refractivity contribution < 1.29 is 0 Å². The molecule has 0 bridgehead atoms. The molecule has 94 valence electrons. The summed E-state index contributed by atoms with van der Waals surface area (Å²) < 4.78 is 0. The van der Waals surface area contributed by atoms with E-state index >= 15 is 0 Å². The predicted molar refractivity (Wildman–Crippen MR) is 79.2 cm³/mol. The van der Waals surface area contributed by atoms with Crippen molar-refractivity contribution in [1.82, 2.24) is 4.98 Å². The van der Waals surface area contributed by atoms with E-state index in [-0.39, 0.29) is 5.41 Å².